The number of carbonyl (C=O) groups excluding carboxylic acids is 1. The van der Waals surface area contributed by atoms with Gasteiger partial charge in [-0.1, -0.05) is 12.1 Å². The van der Waals surface area contributed by atoms with Crippen LogP contribution in [0.5, 0.6) is 0 Å². The number of pyridine rings is 1. The second kappa shape index (κ2) is 6.28. The summed E-state index contributed by atoms with van der Waals surface area (Å²) in [7, 11) is 0. The molecule has 0 bridgehead atoms. The first-order valence-corrected chi connectivity index (χ1v) is 6.57. The number of rotatable bonds is 5. The first kappa shape index (κ1) is 14.2. The third-order valence-corrected chi connectivity index (χ3v) is 3.14. The maximum Gasteiger partial charge on any atom is 0.152 e. The summed E-state index contributed by atoms with van der Waals surface area (Å²) in [6.45, 7) is 4.91. The molecule has 0 amide bonds. The van der Waals surface area contributed by atoms with Gasteiger partial charge in [0, 0.05) is 17.8 Å². The quantitative estimate of drug-likeness (QED) is 0.782. The monoisotopic (exact) mass is 272 g/mol. The van der Waals surface area contributed by atoms with E-state index in [9.17, 15) is 9.18 Å². The molecule has 0 unspecified atom stereocenters. The lowest BCUT2D eigenvalue weighted by Gasteiger charge is -2.24. The number of carbonyl (C=O) groups is 1. The molecule has 0 aliphatic rings. The van der Waals surface area contributed by atoms with Crippen LogP contribution in [0.2, 0.25) is 0 Å². The molecule has 3 nitrogen and oxygen atoms in total. The van der Waals surface area contributed by atoms with Crippen molar-refractivity contribution in [2.75, 3.05) is 11.4 Å². The molecule has 20 heavy (non-hydrogen) atoms. The third kappa shape index (κ3) is 3.02. The number of anilines is 1. The van der Waals surface area contributed by atoms with Crippen molar-refractivity contribution in [1.82, 2.24) is 4.98 Å². The molecular formula is C16H17FN2O. The Morgan fingerprint density at radius 3 is 2.65 bits per heavy atom. The molecule has 0 atom stereocenters. The molecule has 0 saturated heterocycles. The zero-order valence-corrected chi connectivity index (χ0v) is 11.6. The molecule has 0 aliphatic heterocycles. The number of aldehydes is 1. The summed E-state index contributed by atoms with van der Waals surface area (Å²) in [6, 6.07) is 10.3. The van der Waals surface area contributed by atoms with E-state index >= 15 is 0 Å². The maximum absolute atomic E-state index is 14.0. The van der Waals surface area contributed by atoms with Gasteiger partial charge in [-0.05, 0) is 38.1 Å². The lowest BCUT2D eigenvalue weighted by Crippen LogP contribution is -2.25. The molecule has 104 valence electrons. The van der Waals surface area contributed by atoms with E-state index in [2.05, 4.69) is 4.98 Å². The zero-order valence-electron chi connectivity index (χ0n) is 11.6. The average Bonchev–Trinajstić information content (AvgIpc) is 2.45. The number of nitrogens with zero attached hydrogens (tertiary/aromatic N) is 2. The summed E-state index contributed by atoms with van der Waals surface area (Å²) < 4.78 is 14.0. The van der Waals surface area contributed by atoms with Gasteiger partial charge in [-0.25, -0.2) is 4.39 Å². The average molecular weight is 272 g/mol. The molecule has 0 spiro atoms. The van der Waals surface area contributed by atoms with Crippen molar-refractivity contribution in [3.63, 3.8) is 0 Å². The van der Waals surface area contributed by atoms with E-state index in [0.29, 0.717) is 30.6 Å². The molecule has 4 heteroatoms. The summed E-state index contributed by atoms with van der Waals surface area (Å²) in [5.74, 6) is -0.385. The number of hydrogen-bond acceptors (Lipinski definition) is 3. The first-order chi connectivity index (χ1) is 9.65. The van der Waals surface area contributed by atoms with Crippen LogP contribution in [0.15, 0.2) is 36.4 Å². The number of benzene rings is 1. The lowest BCUT2D eigenvalue weighted by atomic mass is 10.1. The molecule has 0 fully saturated rings. The van der Waals surface area contributed by atoms with Gasteiger partial charge in [0.2, 0.25) is 0 Å². The first-order valence-electron chi connectivity index (χ1n) is 6.57. The van der Waals surface area contributed by atoms with Crippen LogP contribution in [0.4, 0.5) is 10.1 Å². The van der Waals surface area contributed by atoms with E-state index in [1.165, 1.54) is 6.07 Å². The molecule has 1 aromatic carbocycles. The van der Waals surface area contributed by atoms with Gasteiger partial charge >= 0.3 is 0 Å². The largest absolute Gasteiger partial charge is 0.363 e. The van der Waals surface area contributed by atoms with Crippen LogP contribution in [0.25, 0.3) is 0 Å². The van der Waals surface area contributed by atoms with E-state index in [1.807, 2.05) is 36.9 Å². The predicted molar refractivity (Wildman–Crippen MR) is 77.5 cm³/mol. The van der Waals surface area contributed by atoms with Gasteiger partial charge in [0.05, 0.1) is 17.9 Å². The fraction of sp³-hybridized carbons (Fsp3) is 0.250. The molecule has 2 rings (SSSR count). The lowest BCUT2D eigenvalue weighted by molar-refractivity contribution is 0.112. The van der Waals surface area contributed by atoms with Crippen molar-refractivity contribution < 1.29 is 9.18 Å². The summed E-state index contributed by atoms with van der Waals surface area (Å²) in [5.41, 5.74) is 2.47. The highest BCUT2D eigenvalue weighted by molar-refractivity contribution is 5.84. The molecule has 0 N–H and O–H groups in total. The predicted octanol–water partition coefficient (Wildman–Crippen LogP) is 3.37. The SMILES string of the molecule is CCN(Cc1cccc(C)n1)c1c(F)cccc1C=O. The molecule has 2 aromatic rings. The Morgan fingerprint density at radius 1 is 1.25 bits per heavy atom. The molecule has 1 aromatic heterocycles. The van der Waals surface area contributed by atoms with Crippen molar-refractivity contribution in [2.24, 2.45) is 0 Å². The summed E-state index contributed by atoms with van der Waals surface area (Å²) in [6.07, 6.45) is 0.685. The van der Waals surface area contributed by atoms with Crippen LogP contribution in [-0.4, -0.2) is 17.8 Å². The normalized spacial score (nSPS) is 10.3. The molecule has 0 aliphatic carbocycles. The molecule has 1 heterocycles. The number of aryl methyl sites for hydroxylation is 1. The summed E-state index contributed by atoms with van der Waals surface area (Å²) >= 11 is 0. The van der Waals surface area contributed by atoms with Crippen LogP contribution in [0.1, 0.15) is 28.7 Å². The van der Waals surface area contributed by atoms with Gasteiger partial charge in [0.25, 0.3) is 0 Å². The van der Waals surface area contributed by atoms with Gasteiger partial charge in [0.1, 0.15) is 5.82 Å². The number of hydrogen-bond donors (Lipinski definition) is 0. The van der Waals surface area contributed by atoms with Gasteiger partial charge in [-0.3, -0.25) is 9.78 Å². The van der Waals surface area contributed by atoms with Crippen LogP contribution in [0, 0.1) is 12.7 Å². The Balaban J connectivity index is 2.36. The van der Waals surface area contributed by atoms with Crippen molar-refractivity contribution in [3.8, 4) is 0 Å². The smallest absolute Gasteiger partial charge is 0.152 e. The van der Waals surface area contributed by atoms with Crippen LogP contribution >= 0.6 is 0 Å². The Labute approximate surface area is 118 Å². The van der Waals surface area contributed by atoms with Crippen molar-refractivity contribution in [1.29, 1.82) is 0 Å². The second-order valence-electron chi connectivity index (χ2n) is 4.58. The highest BCUT2D eigenvalue weighted by Gasteiger charge is 2.15. The van der Waals surface area contributed by atoms with Crippen molar-refractivity contribution >= 4 is 12.0 Å². The molecular weight excluding hydrogens is 255 g/mol. The highest BCUT2D eigenvalue weighted by Crippen LogP contribution is 2.24. The Hall–Kier alpha value is -2.23. The van der Waals surface area contributed by atoms with E-state index in [4.69, 9.17) is 0 Å². The van der Waals surface area contributed by atoms with E-state index in [1.54, 1.807) is 12.1 Å². The van der Waals surface area contributed by atoms with E-state index < -0.39 is 0 Å². The van der Waals surface area contributed by atoms with Crippen molar-refractivity contribution in [2.45, 2.75) is 20.4 Å². The topological polar surface area (TPSA) is 33.2 Å². The van der Waals surface area contributed by atoms with E-state index in [-0.39, 0.29) is 5.82 Å². The van der Waals surface area contributed by atoms with Gasteiger partial charge in [-0.2, -0.15) is 0 Å². The van der Waals surface area contributed by atoms with Crippen LogP contribution in [0.3, 0.4) is 0 Å². The summed E-state index contributed by atoms with van der Waals surface area (Å²) in [4.78, 5) is 17.3. The number of para-hydroxylation sites is 1. The van der Waals surface area contributed by atoms with Gasteiger partial charge in [0.15, 0.2) is 6.29 Å². The van der Waals surface area contributed by atoms with E-state index in [0.717, 1.165) is 11.4 Å². The zero-order chi connectivity index (χ0) is 14.5. The molecule has 0 saturated carbocycles. The van der Waals surface area contributed by atoms with Gasteiger partial charge < -0.3 is 4.90 Å². The fourth-order valence-corrected chi connectivity index (χ4v) is 2.19. The van der Waals surface area contributed by atoms with Crippen LogP contribution in [-0.2, 0) is 6.54 Å². The summed E-state index contributed by atoms with van der Waals surface area (Å²) in [5, 5.41) is 0. The maximum atomic E-state index is 14.0. The number of aromatic nitrogens is 1. The Bertz CT molecular complexity index is 613. The standard InChI is InChI=1S/C16H17FN2O/c1-3-19(10-14-8-4-6-12(2)18-14)16-13(11-20)7-5-9-15(16)17/h4-9,11H,3,10H2,1-2H3. The Morgan fingerprint density at radius 2 is 2.00 bits per heavy atom. The molecule has 0 radical (unpaired) electrons. The minimum Gasteiger partial charge on any atom is -0.363 e. The highest BCUT2D eigenvalue weighted by atomic mass is 19.1. The fourth-order valence-electron chi connectivity index (χ4n) is 2.19. The minimum absolute atomic E-state index is 0.341. The van der Waals surface area contributed by atoms with Crippen LogP contribution < -0.4 is 4.90 Å². The van der Waals surface area contributed by atoms with Crippen molar-refractivity contribution in [3.05, 3.63) is 59.2 Å². The van der Waals surface area contributed by atoms with Gasteiger partial charge in [-0.15, -0.1) is 0 Å². The minimum atomic E-state index is -0.385. The Kier molecular flexibility index (Phi) is 4.45. The third-order valence-electron chi connectivity index (χ3n) is 3.14. The number of halogens is 1. The second-order valence-corrected chi connectivity index (χ2v) is 4.58.